The first-order valence-electron chi connectivity index (χ1n) is 13.2. The van der Waals surface area contributed by atoms with Gasteiger partial charge in [-0.2, -0.15) is 0 Å². The van der Waals surface area contributed by atoms with Crippen LogP contribution < -0.4 is 15.0 Å². The van der Waals surface area contributed by atoms with Gasteiger partial charge in [-0.3, -0.25) is 9.59 Å². The minimum atomic E-state index is -1.26. The van der Waals surface area contributed by atoms with E-state index in [1.165, 1.54) is 12.0 Å². The maximum Gasteiger partial charge on any atom is 0.229 e. The number of benzene rings is 1. The van der Waals surface area contributed by atoms with Crippen LogP contribution in [0, 0.1) is 11.8 Å². The third-order valence-electron chi connectivity index (χ3n) is 7.48. The molecule has 2 heterocycles. The van der Waals surface area contributed by atoms with Crippen molar-refractivity contribution in [2.24, 2.45) is 11.8 Å². The third kappa shape index (κ3) is 8.06. The molecule has 210 valence electrons. The first-order valence-corrected chi connectivity index (χ1v) is 13.6. The van der Waals surface area contributed by atoms with Crippen molar-refractivity contribution in [1.82, 2.24) is 5.32 Å². The lowest BCUT2D eigenvalue weighted by molar-refractivity contribution is -0.138. The van der Waals surface area contributed by atoms with Gasteiger partial charge in [0.25, 0.3) is 0 Å². The van der Waals surface area contributed by atoms with E-state index in [9.17, 15) is 19.8 Å². The summed E-state index contributed by atoms with van der Waals surface area (Å²) in [5.41, 5.74) is 1.22. The zero-order valence-corrected chi connectivity index (χ0v) is 23.8. The molecule has 2 aliphatic rings. The summed E-state index contributed by atoms with van der Waals surface area (Å²) in [6, 6.07) is 3.70. The molecular weight excluding hydrogens is 508 g/mol. The van der Waals surface area contributed by atoms with E-state index in [2.05, 4.69) is 12.2 Å². The van der Waals surface area contributed by atoms with Crippen molar-refractivity contribution >= 4 is 29.1 Å². The van der Waals surface area contributed by atoms with Gasteiger partial charge in [0.15, 0.2) is 0 Å². The van der Waals surface area contributed by atoms with Gasteiger partial charge in [-0.25, -0.2) is 0 Å². The molecule has 2 aliphatic heterocycles. The van der Waals surface area contributed by atoms with Crippen LogP contribution in [-0.2, 0) is 20.7 Å². The van der Waals surface area contributed by atoms with Crippen LogP contribution >= 0.6 is 11.6 Å². The lowest BCUT2D eigenvalue weighted by atomic mass is 9.78. The topological polar surface area (TPSA) is 112 Å². The maximum atomic E-state index is 12.6. The van der Waals surface area contributed by atoms with Gasteiger partial charge in [-0.05, 0) is 55.7 Å². The molecule has 3 N–H and O–H groups in total. The van der Waals surface area contributed by atoms with Crippen LogP contribution in [0.5, 0.6) is 5.75 Å². The predicted molar refractivity (Wildman–Crippen MR) is 148 cm³/mol. The molecule has 0 saturated carbocycles. The Hall–Kier alpha value is -2.39. The second-order valence-corrected chi connectivity index (χ2v) is 11.0. The molecule has 0 unspecified atom stereocenters. The molecule has 0 spiro atoms. The number of hydrogen-bond donors (Lipinski definition) is 3. The van der Waals surface area contributed by atoms with Gasteiger partial charge in [-0.1, -0.05) is 49.2 Å². The Bertz CT molecular complexity index is 1070. The van der Waals surface area contributed by atoms with Gasteiger partial charge in [0, 0.05) is 19.9 Å². The Kier molecular flexibility index (Phi) is 10.4. The van der Waals surface area contributed by atoms with Gasteiger partial charge in [0.2, 0.25) is 11.8 Å². The normalized spacial score (nSPS) is 25.2. The summed E-state index contributed by atoms with van der Waals surface area (Å²) in [5, 5.41) is 24.0. The first-order chi connectivity index (χ1) is 18.0. The standard InChI is InChI=1S/C29H41ClN2O6/c1-6-22(33)15-27(35)32(4)23-12-20(13-24(37-5)28(23)30)11-18(2)9-7-8-10-29(36)16-21(14-26(34)31-29)19(3)25-17-38-25/h7-9,12-13,19,21-22,25,33,36H,6,10-11,14-17H2,1-5H3,(H,31,34)/b8-7+,18-9+/t19-,21+,22-,25-,29-/m1/s1. The molecule has 8 nitrogen and oxygen atoms in total. The molecule has 0 aromatic heterocycles. The minimum Gasteiger partial charge on any atom is -0.495 e. The largest absolute Gasteiger partial charge is 0.495 e. The van der Waals surface area contributed by atoms with E-state index in [-0.39, 0.29) is 36.2 Å². The van der Waals surface area contributed by atoms with Crippen LogP contribution in [-0.4, -0.2) is 60.7 Å². The average molecular weight is 549 g/mol. The SMILES string of the molecule is CC[C@@H](O)CC(=O)N(C)c1cc(C/C(C)=C/C=C/C[C@@]2(O)C[C@@H]([C@@H](C)[C@H]3CO3)CC(=O)N2)cc(OC)c1Cl. The number of allylic oxidation sites excluding steroid dienone is 3. The van der Waals surface area contributed by atoms with E-state index in [0.29, 0.717) is 48.6 Å². The number of rotatable bonds is 12. The van der Waals surface area contributed by atoms with Crippen LogP contribution in [0.2, 0.25) is 5.02 Å². The van der Waals surface area contributed by atoms with Crippen molar-refractivity contribution in [3.8, 4) is 5.75 Å². The number of aliphatic hydroxyl groups excluding tert-OH is 1. The van der Waals surface area contributed by atoms with Gasteiger partial charge in [0.05, 0.1) is 38.0 Å². The van der Waals surface area contributed by atoms with Crippen molar-refractivity contribution in [1.29, 1.82) is 0 Å². The number of ether oxygens (including phenoxy) is 2. The van der Waals surface area contributed by atoms with Gasteiger partial charge in [-0.15, -0.1) is 0 Å². The summed E-state index contributed by atoms with van der Waals surface area (Å²) < 4.78 is 10.8. The summed E-state index contributed by atoms with van der Waals surface area (Å²) in [6.07, 6.45) is 7.53. The van der Waals surface area contributed by atoms with E-state index < -0.39 is 11.8 Å². The molecule has 0 bridgehead atoms. The Morgan fingerprint density at radius 2 is 2.13 bits per heavy atom. The Balaban J connectivity index is 1.66. The molecule has 3 rings (SSSR count). The second-order valence-electron chi connectivity index (χ2n) is 10.7. The number of nitrogens with zero attached hydrogens (tertiary/aromatic N) is 1. The highest BCUT2D eigenvalue weighted by atomic mass is 35.5. The smallest absolute Gasteiger partial charge is 0.229 e. The highest BCUT2D eigenvalue weighted by molar-refractivity contribution is 6.35. The highest BCUT2D eigenvalue weighted by Crippen LogP contribution is 2.38. The van der Waals surface area contributed by atoms with Crippen LogP contribution in [0.1, 0.15) is 58.4 Å². The van der Waals surface area contributed by atoms with Gasteiger partial charge >= 0.3 is 0 Å². The second kappa shape index (κ2) is 13.1. The Morgan fingerprint density at radius 3 is 2.76 bits per heavy atom. The van der Waals surface area contributed by atoms with Crippen LogP contribution in [0.4, 0.5) is 5.69 Å². The number of anilines is 1. The number of hydrogen-bond acceptors (Lipinski definition) is 6. The number of halogens is 1. The lowest BCUT2D eigenvalue weighted by Gasteiger charge is -2.38. The molecule has 2 saturated heterocycles. The van der Waals surface area contributed by atoms with Crippen LogP contribution in [0.15, 0.2) is 35.9 Å². The van der Waals surface area contributed by atoms with E-state index in [0.717, 1.165) is 17.7 Å². The summed E-state index contributed by atoms with van der Waals surface area (Å²) in [7, 11) is 3.17. The molecule has 9 heteroatoms. The van der Waals surface area contributed by atoms with Crippen molar-refractivity contribution in [3.05, 3.63) is 46.5 Å². The summed E-state index contributed by atoms with van der Waals surface area (Å²) in [5.74, 6) is 0.442. The van der Waals surface area contributed by atoms with E-state index >= 15 is 0 Å². The minimum absolute atomic E-state index is 0.0143. The predicted octanol–water partition coefficient (Wildman–Crippen LogP) is 4.16. The Morgan fingerprint density at radius 1 is 1.42 bits per heavy atom. The number of carbonyl (C=O) groups is 2. The fourth-order valence-electron chi connectivity index (χ4n) is 4.90. The van der Waals surface area contributed by atoms with Crippen LogP contribution in [0.25, 0.3) is 0 Å². The quantitative estimate of drug-likeness (QED) is 0.267. The number of piperidine rings is 1. The monoisotopic (exact) mass is 548 g/mol. The van der Waals surface area contributed by atoms with Crippen molar-refractivity contribution in [2.75, 3.05) is 25.7 Å². The molecule has 1 aromatic carbocycles. The summed E-state index contributed by atoms with van der Waals surface area (Å²) >= 11 is 6.51. The lowest BCUT2D eigenvalue weighted by Crippen LogP contribution is -2.54. The zero-order valence-electron chi connectivity index (χ0n) is 23.0. The molecule has 2 fully saturated rings. The third-order valence-corrected chi connectivity index (χ3v) is 7.86. The van der Waals surface area contributed by atoms with Crippen molar-refractivity contribution in [2.45, 2.75) is 77.2 Å². The number of aliphatic hydroxyl groups is 2. The molecule has 0 radical (unpaired) electrons. The van der Waals surface area contributed by atoms with E-state index in [4.69, 9.17) is 21.1 Å². The molecule has 38 heavy (non-hydrogen) atoms. The molecule has 1 aromatic rings. The van der Waals surface area contributed by atoms with Gasteiger partial charge < -0.3 is 29.9 Å². The number of epoxide rings is 1. The van der Waals surface area contributed by atoms with Crippen molar-refractivity contribution < 1.29 is 29.3 Å². The molecule has 0 aliphatic carbocycles. The average Bonchev–Trinajstić information content (AvgIpc) is 3.71. The molecular formula is C29H41ClN2O6. The van der Waals surface area contributed by atoms with E-state index in [1.54, 1.807) is 7.05 Å². The van der Waals surface area contributed by atoms with E-state index in [1.807, 2.05) is 44.2 Å². The number of methoxy groups -OCH3 is 1. The number of nitrogens with one attached hydrogen (secondary N) is 1. The number of amides is 2. The zero-order chi connectivity index (χ0) is 28.0. The highest BCUT2D eigenvalue weighted by Gasteiger charge is 2.43. The summed E-state index contributed by atoms with van der Waals surface area (Å²) in [4.78, 5) is 26.3. The van der Waals surface area contributed by atoms with Gasteiger partial charge in [0.1, 0.15) is 16.5 Å². The fourth-order valence-corrected chi connectivity index (χ4v) is 5.21. The fraction of sp³-hybridized carbons (Fsp3) is 0.586. The first kappa shape index (κ1) is 30.2. The Labute approximate surface area is 230 Å². The maximum absolute atomic E-state index is 12.6. The van der Waals surface area contributed by atoms with Crippen LogP contribution in [0.3, 0.4) is 0 Å². The molecule has 5 atom stereocenters. The number of carbonyl (C=O) groups excluding carboxylic acids is 2. The molecule has 2 amide bonds. The summed E-state index contributed by atoms with van der Waals surface area (Å²) in [6.45, 7) is 6.63. The van der Waals surface area contributed by atoms with Crippen molar-refractivity contribution in [3.63, 3.8) is 0 Å².